The van der Waals surface area contributed by atoms with Crippen molar-refractivity contribution in [3.8, 4) is 5.75 Å². The van der Waals surface area contributed by atoms with Crippen LogP contribution in [0, 0.1) is 0 Å². The SMILES string of the molecule is CCCc1ccc(NCc2cccc(Br)c2O)cc1. The molecule has 0 heterocycles. The van der Waals surface area contributed by atoms with Crippen molar-refractivity contribution in [1.29, 1.82) is 0 Å². The Balaban J connectivity index is 2.00. The largest absolute Gasteiger partial charge is 0.506 e. The number of anilines is 1. The van der Waals surface area contributed by atoms with Crippen molar-refractivity contribution in [3.63, 3.8) is 0 Å². The smallest absolute Gasteiger partial charge is 0.134 e. The minimum Gasteiger partial charge on any atom is -0.506 e. The van der Waals surface area contributed by atoms with Gasteiger partial charge in [-0.2, -0.15) is 0 Å². The molecule has 3 heteroatoms. The van der Waals surface area contributed by atoms with Gasteiger partial charge in [-0.05, 0) is 46.1 Å². The van der Waals surface area contributed by atoms with Gasteiger partial charge in [-0.1, -0.05) is 37.6 Å². The molecule has 0 amide bonds. The van der Waals surface area contributed by atoms with E-state index >= 15 is 0 Å². The van der Waals surface area contributed by atoms with Crippen LogP contribution in [-0.4, -0.2) is 5.11 Å². The third-order valence-corrected chi connectivity index (χ3v) is 3.69. The summed E-state index contributed by atoms with van der Waals surface area (Å²) in [5.41, 5.74) is 3.31. The number of aromatic hydroxyl groups is 1. The number of hydrogen-bond acceptors (Lipinski definition) is 2. The van der Waals surface area contributed by atoms with Crippen LogP contribution in [0.15, 0.2) is 46.9 Å². The quantitative estimate of drug-likeness (QED) is 0.835. The van der Waals surface area contributed by atoms with E-state index in [0.29, 0.717) is 12.3 Å². The van der Waals surface area contributed by atoms with Gasteiger partial charge in [0.2, 0.25) is 0 Å². The first-order valence-corrected chi connectivity index (χ1v) is 7.29. The summed E-state index contributed by atoms with van der Waals surface area (Å²) in [5.74, 6) is 0.303. The molecule has 2 aromatic rings. The first-order valence-electron chi connectivity index (χ1n) is 6.50. The number of para-hydroxylation sites is 1. The van der Waals surface area contributed by atoms with Gasteiger partial charge in [0.15, 0.2) is 0 Å². The number of benzene rings is 2. The molecule has 19 heavy (non-hydrogen) atoms. The maximum Gasteiger partial charge on any atom is 0.134 e. The lowest BCUT2D eigenvalue weighted by atomic mass is 10.1. The van der Waals surface area contributed by atoms with Crippen LogP contribution >= 0.6 is 15.9 Å². The summed E-state index contributed by atoms with van der Waals surface area (Å²) in [6.45, 7) is 2.79. The summed E-state index contributed by atoms with van der Waals surface area (Å²) in [4.78, 5) is 0. The lowest BCUT2D eigenvalue weighted by molar-refractivity contribution is 0.465. The number of phenols is 1. The van der Waals surface area contributed by atoms with Crippen molar-refractivity contribution in [1.82, 2.24) is 0 Å². The van der Waals surface area contributed by atoms with Gasteiger partial charge in [0, 0.05) is 17.8 Å². The third kappa shape index (κ3) is 3.74. The molecule has 0 aliphatic carbocycles. The van der Waals surface area contributed by atoms with Crippen LogP contribution in [0.1, 0.15) is 24.5 Å². The Bertz CT molecular complexity index is 537. The van der Waals surface area contributed by atoms with E-state index in [1.54, 1.807) is 0 Å². The molecule has 2 nitrogen and oxygen atoms in total. The molecule has 100 valence electrons. The Morgan fingerprint density at radius 2 is 1.84 bits per heavy atom. The van der Waals surface area contributed by atoms with Crippen molar-refractivity contribution in [2.45, 2.75) is 26.3 Å². The van der Waals surface area contributed by atoms with Gasteiger partial charge >= 0.3 is 0 Å². The first kappa shape index (κ1) is 13.9. The van der Waals surface area contributed by atoms with Gasteiger partial charge in [0.25, 0.3) is 0 Å². The summed E-state index contributed by atoms with van der Waals surface area (Å²) in [7, 11) is 0. The fourth-order valence-corrected chi connectivity index (χ4v) is 2.39. The van der Waals surface area contributed by atoms with Crippen LogP contribution < -0.4 is 5.32 Å². The molecule has 0 aliphatic heterocycles. The monoisotopic (exact) mass is 319 g/mol. The Morgan fingerprint density at radius 1 is 1.11 bits per heavy atom. The van der Waals surface area contributed by atoms with Crippen molar-refractivity contribution < 1.29 is 5.11 Å². The van der Waals surface area contributed by atoms with E-state index in [2.05, 4.69) is 52.4 Å². The zero-order valence-corrected chi connectivity index (χ0v) is 12.6. The van der Waals surface area contributed by atoms with Gasteiger partial charge in [0.1, 0.15) is 5.75 Å². The second-order valence-corrected chi connectivity index (χ2v) is 5.40. The number of phenolic OH excluding ortho intramolecular Hbond substituents is 1. The molecule has 2 rings (SSSR count). The van der Waals surface area contributed by atoms with Crippen molar-refractivity contribution in [2.75, 3.05) is 5.32 Å². The van der Waals surface area contributed by atoms with Crippen molar-refractivity contribution >= 4 is 21.6 Å². The number of hydrogen-bond donors (Lipinski definition) is 2. The predicted molar refractivity (Wildman–Crippen MR) is 83.6 cm³/mol. The zero-order valence-electron chi connectivity index (χ0n) is 11.0. The van der Waals surface area contributed by atoms with Crippen LogP contribution in [0.4, 0.5) is 5.69 Å². The van der Waals surface area contributed by atoms with Gasteiger partial charge in [0.05, 0.1) is 4.47 Å². The average molecular weight is 320 g/mol. The third-order valence-electron chi connectivity index (χ3n) is 3.05. The maximum atomic E-state index is 9.90. The minimum absolute atomic E-state index is 0.303. The molecule has 0 radical (unpaired) electrons. The van der Waals surface area contributed by atoms with E-state index in [4.69, 9.17) is 0 Å². The molecule has 0 spiro atoms. The molecule has 0 saturated heterocycles. The lowest BCUT2D eigenvalue weighted by Gasteiger charge is -2.09. The molecule has 2 aromatic carbocycles. The molecule has 0 aromatic heterocycles. The number of rotatable bonds is 5. The van der Waals surface area contributed by atoms with Crippen LogP contribution in [-0.2, 0) is 13.0 Å². The standard InChI is InChI=1S/C16H18BrNO/c1-2-4-12-7-9-14(10-8-12)18-11-13-5-3-6-15(17)16(13)19/h3,5-10,18-19H,2,4,11H2,1H3. The molecular formula is C16H18BrNO. The summed E-state index contributed by atoms with van der Waals surface area (Å²) in [5, 5.41) is 13.2. The summed E-state index contributed by atoms with van der Waals surface area (Å²) < 4.78 is 0.727. The summed E-state index contributed by atoms with van der Waals surface area (Å²) in [6, 6.07) is 14.1. The Labute approximate surface area is 122 Å². The molecule has 0 atom stereocenters. The zero-order chi connectivity index (χ0) is 13.7. The highest BCUT2D eigenvalue weighted by molar-refractivity contribution is 9.10. The molecule has 2 N–H and O–H groups in total. The normalized spacial score (nSPS) is 10.4. The topological polar surface area (TPSA) is 32.3 Å². The minimum atomic E-state index is 0.303. The number of halogens is 1. The second kappa shape index (κ2) is 6.62. The fraction of sp³-hybridized carbons (Fsp3) is 0.250. The Kier molecular flexibility index (Phi) is 4.86. The van der Waals surface area contributed by atoms with E-state index in [1.165, 1.54) is 12.0 Å². The van der Waals surface area contributed by atoms with E-state index in [9.17, 15) is 5.11 Å². The van der Waals surface area contributed by atoms with Crippen LogP contribution in [0.5, 0.6) is 5.75 Å². The van der Waals surface area contributed by atoms with Crippen LogP contribution in [0.3, 0.4) is 0 Å². The van der Waals surface area contributed by atoms with E-state index < -0.39 is 0 Å². The Morgan fingerprint density at radius 3 is 2.53 bits per heavy atom. The van der Waals surface area contributed by atoms with E-state index in [0.717, 1.165) is 22.1 Å². The molecule has 0 aliphatic rings. The molecule has 0 bridgehead atoms. The summed E-state index contributed by atoms with van der Waals surface area (Å²) in [6.07, 6.45) is 2.28. The predicted octanol–water partition coefficient (Wildman–Crippen LogP) is 4.72. The Hall–Kier alpha value is -1.48. The van der Waals surface area contributed by atoms with Crippen molar-refractivity contribution in [2.24, 2.45) is 0 Å². The number of aryl methyl sites for hydroxylation is 1. The average Bonchev–Trinajstić information content (AvgIpc) is 2.42. The highest BCUT2D eigenvalue weighted by Gasteiger charge is 2.04. The molecule has 0 saturated carbocycles. The molecular weight excluding hydrogens is 302 g/mol. The van der Waals surface area contributed by atoms with Gasteiger partial charge < -0.3 is 10.4 Å². The highest BCUT2D eigenvalue weighted by atomic mass is 79.9. The van der Waals surface area contributed by atoms with E-state index in [1.807, 2.05) is 18.2 Å². The fourth-order valence-electron chi connectivity index (χ4n) is 1.98. The van der Waals surface area contributed by atoms with Gasteiger partial charge in [-0.25, -0.2) is 0 Å². The number of nitrogens with one attached hydrogen (secondary N) is 1. The second-order valence-electron chi connectivity index (χ2n) is 4.55. The molecule has 0 fully saturated rings. The first-order chi connectivity index (χ1) is 9.20. The van der Waals surface area contributed by atoms with Crippen LogP contribution in [0.2, 0.25) is 0 Å². The van der Waals surface area contributed by atoms with Crippen LogP contribution in [0.25, 0.3) is 0 Å². The summed E-state index contributed by atoms with van der Waals surface area (Å²) >= 11 is 3.32. The lowest BCUT2D eigenvalue weighted by Crippen LogP contribution is -2.00. The van der Waals surface area contributed by atoms with Gasteiger partial charge in [-0.3, -0.25) is 0 Å². The van der Waals surface area contributed by atoms with E-state index in [-0.39, 0.29) is 0 Å². The van der Waals surface area contributed by atoms with Crippen molar-refractivity contribution in [3.05, 3.63) is 58.1 Å². The highest BCUT2D eigenvalue weighted by Crippen LogP contribution is 2.27. The van der Waals surface area contributed by atoms with Gasteiger partial charge in [-0.15, -0.1) is 0 Å². The molecule has 0 unspecified atom stereocenters. The maximum absolute atomic E-state index is 9.90.